The normalized spacial score (nSPS) is 9.15. The molecule has 13 heavy (non-hydrogen) atoms. The lowest BCUT2D eigenvalue weighted by atomic mass is 10.3. The average Bonchev–Trinajstić information content (AvgIpc) is 2.16. The first-order valence-corrected chi connectivity index (χ1v) is 6.11. The largest absolute Gasteiger partial charge is 0.230 e. The molecule has 0 saturated carbocycles. The van der Waals surface area contributed by atoms with Crippen molar-refractivity contribution >= 4 is 39.3 Å². The van der Waals surface area contributed by atoms with E-state index in [2.05, 4.69) is 37.7 Å². The first kappa shape index (κ1) is 10.8. The third-order valence-electron chi connectivity index (χ3n) is 1.19. The first-order valence-electron chi connectivity index (χ1n) is 3.39. The van der Waals surface area contributed by atoms with Crippen LogP contribution in [0, 0.1) is 11.8 Å². The van der Waals surface area contributed by atoms with Gasteiger partial charge in [-0.1, -0.05) is 51.1 Å². The fraction of sp³-hybridized carbons (Fsp3) is 0.250. The summed E-state index contributed by atoms with van der Waals surface area (Å²) >= 11 is 10.5. The van der Waals surface area contributed by atoms with E-state index in [1.807, 2.05) is 6.26 Å². The van der Waals surface area contributed by atoms with Gasteiger partial charge in [0.1, 0.15) is 5.15 Å². The summed E-state index contributed by atoms with van der Waals surface area (Å²) in [6.45, 7) is 0. The second-order valence-corrected chi connectivity index (χ2v) is 3.69. The molecule has 2 nitrogen and oxygen atoms in total. The third-order valence-corrected chi connectivity index (χ3v) is 2.32. The fourth-order valence-electron chi connectivity index (χ4n) is 0.657. The molecular weight excluding hydrogens is 272 g/mol. The summed E-state index contributed by atoms with van der Waals surface area (Å²) in [5.41, 5.74) is 0.666. The van der Waals surface area contributed by atoms with Crippen LogP contribution in [0.1, 0.15) is 5.56 Å². The van der Waals surface area contributed by atoms with Gasteiger partial charge in [-0.15, -0.1) is 0 Å². The molecule has 5 heteroatoms. The van der Waals surface area contributed by atoms with Gasteiger partial charge in [0.05, 0.1) is 10.9 Å². The molecular formula is C8H6BrClN2S. The quantitative estimate of drug-likeness (QED) is 0.259. The molecule has 0 aliphatic heterocycles. The molecule has 0 aromatic carbocycles. The zero-order valence-electron chi connectivity index (χ0n) is 6.84. The zero-order valence-corrected chi connectivity index (χ0v) is 10.0. The molecule has 0 atom stereocenters. The van der Waals surface area contributed by atoms with Crippen LogP contribution in [0.3, 0.4) is 0 Å². The summed E-state index contributed by atoms with van der Waals surface area (Å²) in [4.78, 5) is 8.10. The van der Waals surface area contributed by atoms with Gasteiger partial charge >= 0.3 is 0 Å². The summed E-state index contributed by atoms with van der Waals surface area (Å²) in [6.07, 6.45) is 3.53. The summed E-state index contributed by atoms with van der Waals surface area (Å²) in [5, 5.41) is 1.69. The highest BCUT2D eigenvalue weighted by Gasteiger charge is 2.00. The lowest BCUT2D eigenvalue weighted by molar-refractivity contribution is 0.965. The summed E-state index contributed by atoms with van der Waals surface area (Å²) in [7, 11) is 0. The number of thioether (sulfide) groups is 1. The van der Waals surface area contributed by atoms with Crippen molar-refractivity contribution in [3.05, 3.63) is 16.9 Å². The molecule has 1 aromatic rings. The molecule has 0 amide bonds. The predicted octanol–water partition coefficient (Wildman–Crippen LogP) is 2.60. The Hall–Kier alpha value is -0.240. The van der Waals surface area contributed by atoms with Crippen molar-refractivity contribution < 1.29 is 0 Å². The first-order chi connectivity index (χ1) is 6.27. The fourth-order valence-corrected chi connectivity index (χ4v) is 1.36. The van der Waals surface area contributed by atoms with E-state index in [1.54, 1.807) is 6.20 Å². The molecule has 0 aliphatic carbocycles. The van der Waals surface area contributed by atoms with Crippen LogP contribution in [0.4, 0.5) is 0 Å². The van der Waals surface area contributed by atoms with Crippen molar-refractivity contribution in [2.45, 2.75) is 5.16 Å². The van der Waals surface area contributed by atoms with Crippen LogP contribution in [-0.4, -0.2) is 21.6 Å². The van der Waals surface area contributed by atoms with E-state index in [0.717, 1.165) is 0 Å². The minimum absolute atomic E-state index is 0.410. The van der Waals surface area contributed by atoms with E-state index in [0.29, 0.717) is 21.2 Å². The molecule has 0 aliphatic rings. The predicted molar refractivity (Wildman–Crippen MR) is 59.5 cm³/mol. The van der Waals surface area contributed by atoms with Gasteiger partial charge in [-0.05, 0) is 6.26 Å². The Balaban J connectivity index is 2.98. The Labute approximate surface area is 94.6 Å². The Morgan fingerprint density at radius 1 is 1.69 bits per heavy atom. The molecule has 1 aromatic heterocycles. The van der Waals surface area contributed by atoms with Gasteiger partial charge in [0.25, 0.3) is 0 Å². The average molecular weight is 278 g/mol. The molecule has 68 valence electrons. The molecule has 1 heterocycles. The van der Waals surface area contributed by atoms with Gasteiger partial charge in [-0.25, -0.2) is 9.97 Å². The molecule has 1 rings (SSSR count). The van der Waals surface area contributed by atoms with E-state index in [4.69, 9.17) is 11.6 Å². The Kier molecular flexibility index (Phi) is 4.57. The van der Waals surface area contributed by atoms with Crippen LogP contribution in [0.5, 0.6) is 0 Å². The number of halogens is 2. The van der Waals surface area contributed by atoms with Gasteiger partial charge < -0.3 is 0 Å². The monoisotopic (exact) mass is 276 g/mol. The van der Waals surface area contributed by atoms with E-state index in [-0.39, 0.29) is 0 Å². The summed E-state index contributed by atoms with van der Waals surface area (Å²) in [5.74, 6) is 5.69. The van der Waals surface area contributed by atoms with Crippen LogP contribution in [0.25, 0.3) is 0 Å². The minimum Gasteiger partial charge on any atom is -0.230 e. The van der Waals surface area contributed by atoms with Crippen molar-refractivity contribution in [1.82, 2.24) is 9.97 Å². The van der Waals surface area contributed by atoms with E-state index >= 15 is 0 Å². The van der Waals surface area contributed by atoms with Crippen LogP contribution < -0.4 is 0 Å². The second kappa shape index (κ2) is 5.48. The molecule has 0 spiro atoms. The Bertz CT molecular complexity index is 359. The van der Waals surface area contributed by atoms with Crippen LogP contribution in [-0.2, 0) is 0 Å². The topological polar surface area (TPSA) is 25.8 Å². The van der Waals surface area contributed by atoms with Crippen molar-refractivity contribution in [2.24, 2.45) is 0 Å². The van der Waals surface area contributed by atoms with E-state index in [1.165, 1.54) is 11.8 Å². The number of hydrogen-bond acceptors (Lipinski definition) is 3. The third kappa shape index (κ3) is 3.18. The SMILES string of the molecule is CSc1ncc(C#CCBr)c(Cl)n1. The molecule has 0 radical (unpaired) electrons. The molecule has 0 N–H and O–H groups in total. The van der Waals surface area contributed by atoms with Crippen molar-refractivity contribution in [3.63, 3.8) is 0 Å². The number of nitrogens with zero attached hydrogens (tertiary/aromatic N) is 2. The summed E-state index contributed by atoms with van der Waals surface area (Å²) in [6, 6.07) is 0. The van der Waals surface area contributed by atoms with Crippen LogP contribution in [0.2, 0.25) is 5.15 Å². The van der Waals surface area contributed by atoms with Gasteiger partial charge in [0.2, 0.25) is 0 Å². The Morgan fingerprint density at radius 3 is 3.00 bits per heavy atom. The molecule has 0 unspecified atom stereocenters. The highest BCUT2D eigenvalue weighted by molar-refractivity contribution is 9.09. The highest BCUT2D eigenvalue weighted by Crippen LogP contribution is 2.15. The minimum atomic E-state index is 0.410. The second-order valence-electron chi connectivity index (χ2n) is 2.00. The maximum absolute atomic E-state index is 5.86. The molecule has 0 bridgehead atoms. The molecule has 0 saturated heterocycles. The van der Waals surface area contributed by atoms with Crippen molar-refractivity contribution in [1.29, 1.82) is 0 Å². The van der Waals surface area contributed by atoms with Gasteiger partial charge in [-0.3, -0.25) is 0 Å². The van der Waals surface area contributed by atoms with Gasteiger partial charge in [0, 0.05) is 6.20 Å². The van der Waals surface area contributed by atoms with Crippen molar-refractivity contribution in [3.8, 4) is 11.8 Å². The lowest BCUT2D eigenvalue weighted by Crippen LogP contribution is -1.89. The van der Waals surface area contributed by atoms with Gasteiger partial charge in [-0.2, -0.15) is 0 Å². The summed E-state index contributed by atoms with van der Waals surface area (Å²) < 4.78 is 0. The van der Waals surface area contributed by atoms with Crippen molar-refractivity contribution in [2.75, 3.05) is 11.6 Å². The molecule has 0 fully saturated rings. The maximum Gasteiger partial charge on any atom is 0.188 e. The van der Waals surface area contributed by atoms with Crippen LogP contribution in [0.15, 0.2) is 11.4 Å². The maximum atomic E-state index is 5.86. The van der Waals surface area contributed by atoms with E-state index in [9.17, 15) is 0 Å². The van der Waals surface area contributed by atoms with Gasteiger partial charge in [0.15, 0.2) is 5.16 Å². The van der Waals surface area contributed by atoms with E-state index < -0.39 is 0 Å². The highest BCUT2D eigenvalue weighted by atomic mass is 79.9. The standard InChI is InChI=1S/C8H6BrClN2S/c1-13-8-11-5-6(3-2-4-9)7(10)12-8/h5H,4H2,1H3. The zero-order chi connectivity index (χ0) is 9.68. The number of alkyl halides is 1. The van der Waals surface area contributed by atoms with Crippen LogP contribution >= 0.6 is 39.3 Å². The number of hydrogen-bond donors (Lipinski definition) is 0. The smallest absolute Gasteiger partial charge is 0.188 e. The Morgan fingerprint density at radius 2 is 2.46 bits per heavy atom. The number of aromatic nitrogens is 2. The number of rotatable bonds is 1. The lowest BCUT2D eigenvalue weighted by Gasteiger charge is -1.96.